The van der Waals surface area contributed by atoms with Gasteiger partial charge < -0.3 is 14.6 Å². The first-order valence-electron chi connectivity index (χ1n) is 8.08. The van der Waals surface area contributed by atoms with Crippen molar-refractivity contribution in [2.75, 3.05) is 14.2 Å². The molecule has 0 saturated carbocycles. The third-order valence-corrected chi connectivity index (χ3v) is 4.52. The molecule has 0 amide bonds. The van der Waals surface area contributed by atoms with Gasteiger partial charge in [-0.25, -0.2) is 0 Å². The van der Waals surface area contributed by atoms with Crippen LogP contribution in [0.4, 0.5) is 0 Å². The SMILES string of the molecule is COc1ccc2c(-c3c(OC)ccc4ccccc34)cc(O)cc2c1. The predicted molar refractivity (Wildman–Crippen MR) is 102 cm³/mol. The summed E-state index contributed by atoms with van der Waals surface area (Å²) in [5.41, 5.74) is 1.91. The highest BCUT2D eigenvalue weighted by molar-refractivity contribution is 6.08. The van der Waals surface area contributed by atoms with Crippen molar-refractivity contribution in [1.82, 2.24) is 0 Å². The second kappa shape index (κ2) is 6.02. The van der Waals surface area contributed by atoms with E-state index in [1.54, 1.807) is 26.4 Å². The number of ether oxygens (including phenoxy) is 2. The van der Waals surface area contributed by atoms with E-state index in [-0.39, 0.29) is 5.75 Å². The highest BCUT2D eigenvalue weighted by Gasteiger charge is 2.15. The van der Waals surface area contributed by atoms with Gasteiger partial charge in [0, 0.05) is 5.56 Å². The maximum Gasteiger partial charge on any atom is 0.127 e. The predicted octanol–water partition coefficient (Wildman–Crippen LogP) is 5.38. The van der Waals surface area contributed by atoms with Crippen LogP contribution in [0, 0.1) is 0 Å². The molecule has 0 bridgehead atoms. The van der Waals surface area contributed by atoms with Gasteiger partial charge in [0.15, 0.2) is 0 Å². The molecule has 0 fully saturated rings. The lowest BCUT2D eigenvalue weighted by molar-refractivity contribution is 0.415. The van der Waals surface area contributed by atoms with E-state index >= 15 is 0 Å². The second-order valence-electron chi connectivity index (χ2n) is 5.94. The molecule has 4 aromatic carbocycles. The summed E-state index contributed by atoms with van der Waals surface area (Å²) in [7, 11) is 3.31. The molecule has 3 nitrogen and oxygen atoms in total. The highest BCUT2D eigenvalue weighted by atomic mass is 16.5. The third kappa shape index (κ3) is 2.54. The molecular formula is C22H18O3. The summed E-state index contributed by atoms with van der Waals surface area (Å²) in [6.07, 6.45) is 0. The topological polar surface area (TPSA) is 38.7 Å². The van der Waals surface area contributed by atoms with Crippen molar-refractivity contribution in [1.29, 1.82) is 0 Å². The molecule has 0 heterocycles. The van der Waals surface area contributed by atoms with Crippen molar-refractivity contribution in [3.05, 3.63) is 66.7 Å². The van der Waals surface area contributed by atoms with Gasteiger partial charge in [-0.05, 0) is 57.4 Å². The van der Waals surface area contributed by atoms with Crippen LogP contribution >= 0.6 is 0 Å². The van der Waals surface area contributed by atoms with Gasteiger partial charge in [0.05, 0.1) is 14.2 Å². The van der Waals surface area contributed by atoms with Gasteiger partial charge in [0.2, 0.25) is 0 Å². The average molecular weight is 330 g/mol. The van der Waals surface area contributed by atoms with E-state index < -0.39 is 0 Å². The maximum atomic E-state index is 10.3. The van der Waals surface area contributed by atoms with Crippen LogP contribution in [0.1, 0.15) is 0 Å². The lowest BCUT2D eigenvalue weighted by Gasteiger charge is -2.15. The van der Waals surface area contributed by atoms with Crippen molar-refractivity contribution in [3.8, 4) is 28.4 Å². The van der Waals surface area contributed by atoms with Crippen LogP contribution in [0.2, 0.25) is 0 Å². The Kier molecular flexibility index (Phi) is 3.69. The van der Waals surface area contributed by atoms with E-state index in [4.69, 9.17) is 9.47 Å². The van der Waals surface area contributed by atoms with Gasteiger partial charge in [-0.1, -0.05) is 36.4 Å². The Bertz CT molecular complexity index is 1080. The van der Waals surface area contributed by atoms with Crippen molar-refractivity contribution >= 4 is 21.5 Å². The molecule has 0 aliphatic heterocycles. The quantitative estimate of drug-likeness (QED) is 0.548. The zero-order valence-electron chi connectivity index (χ0n) is 14.1. The molecule has 3 heteroatoms. The summed E-state index contributed by atoms with van der Waals surface area (Å²) in [5, 5.41) is 14.5. The molecule has 1 N–H and O–H groups in total. The molecule has 0 aliphatic rings. The number of rotatable bonds is 3. The van der Waals surface area contributed by atoms with Crippen LogP contribution in [0.3, 0.4) is 0 Å². The summed E-state index contributed by atoms with van der Waals surface area (Å²) in [6, 6.07) is 21.6. The number of hydrogen-bond acceptors (Lipinski definition) is 3. The highest BCUT2D eigenvalue weighted by Crippen LogP contribution is 2.42. The molecule has 0 saturated heterocycles. The summed E-state index contributed by atoms with van der Waals surface area (Å²) in [6.45, 7) is 0. The first-order chi connectivity index (χ1) is 12.2. The van der Waals surface area contributed by atoms with E-state index in [9.17, 15) is 5.11 Å². The Hall–Kier alpha value is -3.20. The molecule has 0 aliphatic carbocycles. The van der Waals surface area contributed by atoms with Crippen LogP contribution in [0.15, 0.2) is 66.7 Å². The van der Waals surface area contributed by atoms with Crippen LogP contribution < -0.4 is 9.47 Å². The summed E-state index contributed by atoms with van der Waals surface area (Å²) in [5.74, 6) is 1.75. The van der Waals surface area contributed by atoms with Gasteiger partial charge in [-0.2, -0.15) is 0 Å². The van der Waals surface area contributed by atoms with Crippen LogP contribution in [0.25, 0.3) is 32.7 Å². The number of aromatic hydroxyl groups is 1. The Morgan fingerprint density at radius 3 is 2.36 bits per heavy atom. The fourth-order valence-electron chi connectivity index (χ4n) is 3.37. The van der Waals surface area contributed by atoms with E-state index in [0.29, 0.717) is 0 Å². The minimum absolute atomic E-state index is 0.214. The van der Waals surface area contributed by atoms with Gasteiger partial charge in [0.1, 0.15) is 17.2 Å². The smallest absolute Gasteiger partial charge is 0.127 e. The lowest BCUT2D eigenvalue weighted by atomic mass is 9.92. The van der Waals surface area contributed by atoms with Gasteiger partial charge >= 0.3 is 0 Å². The molecular weight excluding hydrogens is 312 g/mol. The van der Waals surface area contributed by atoms with Crippen molar-refractivity contribution < 1.29 is 14.6 Å². The van der Waals surface area contributed by atoms with Crippen LogP contribution in [-0.4, -0.2) is 19.3 Å². The van der Waals surface area contributed by atoms with Gasteiger partial charge in [-0.3, -0.25) is 0 Å². The van der Waals surface area contributed by atoms with Gasteiger partial charge in [0.25, 0.3) is 0 Å². The molecule has 4 aromatic rings. The van der Waals surface area contributed by atoms with Crippen LogP contribution in [0.5, 0.6) is 17.2 Å². The Morgan fingerprint density at radius 2 is 1.56 bits per heavy atom. The molecule has 0 radical (unpaired) electrons. The largest absolute Gasteiger partial charge is 0.508 e. The van der Waals surface area contributed by atoms with Crippen molar-refractivity contribution in [2.24, 2.45) is 0 Å². The van der Waals surface area contributed by atoms with Crippen LogP contribution in [-0.2, 0) is 0 Å². The van der Waals surface area contributed by atoms with E-state index in [1.807, 2.05) is 42.5 Å². The number of methoxy groups -OCH3 is 2. The Morgan fingerprint density at radius 1 is 0.720 bits per heavy atom. The number of phenolic OH excluding ortho intramolecular Hbond substituents is 1. The zero-order chi connectivity index (χ0) is 17.4. The van der Waals surface area contributed by atoms with Gasteiger partial charge in [-0.15, -0.1) is 0 Å². The van der Waals surface area contributed by atoms with Crippen molar-refractivity contribution in [3.63, 3.8) is 0 Å². The lowest BCUT2D eigenvalue weighted by Crippen LogP contribution is -1.91. The fourth-order valence-corrected chi connectivity index (χ4v) is 3.37. The number of fused-ring (bicyclic) bond motifs is 2. The summed E-state index contributed by atoms with van der Waals surface area (Å²) < 4.78 is 11.0. The molecule has 124 valence electrons. The Balaban J connectivity index is 2.13. The minimum atomic E-state index is 0.214. The molecule has 0 atom stereocenters. The summed E-state index contributed by atoms with van der Waals surface area (Å²) >= 11 is 0. The number of benzene rings is 4. The fraction of sp³-hybridized carbons (Fsp3) is 0.0909. The molecule has 0 spiro atoms. The summed E-state index contributed by atoms with van der Waals surface area (Å²) in [4.78, 5) is 0. The number of hydrogen-bond donors (Lipinski definition) is 1. The second-order valence-corrected chi connectivity index (χ2v) is 5.94. The average Bonchev–Trinajstić information content (AvgIpc) is 2.65. The third-order valence-electron chi connectivity index (χ3n) is 4.52. The molecule has 0 aromatic heterocycles. The zero-order valence-corrected chi connectivity index (χ0v) is 14.1. The Labute approximate surface area is 146 Å². The molecule has 0 unspecified atom stereocenters. The van der Waals surface area contributed by atoms with E-state index in [0.717, 1.165) is 44.2 Å². The molecule has 4 rings (SSSR count). The first-order valence-corrected chi connectivity index (χ1v) is 8.08. The van der Waals surface area contributed by atoms with E-state index in [2.05, 4.69) is 12.1 Å². The van der Waals surface area contributed by atoms with Crippen molar-refractivity contribution in [2.45, 2.75) is 0 Å². The standard InChI is InChI=1S/C22H18O3/c1-24-17-8-9-18-15(12-17)11-16(23)13-20(18)22-19-6-4-3-5-14(19)7-10-21(22)25-2/h3-13,23H,1-2H3. The first kappa shape index (κ1) is 15.3. The monoisotopic (exact) mass is 330 g/mol. The number of phenols is 1. The molecule has 25 heavy (non-hydrogen) atoms. The minimum Gasteiger partial charge on any atom is -0.508 e. The maximum absolute atomic E-state index is 10.3. The normalized spacial score (nSPS) is 11.0. The van der Waals surface area contributed by atoms with E-state index in [1.165, 1.54) is 0 Å².